The van der Waals surface area contributed by atoms with E-state index in [0.29, 0.717) is 6.54 Å². The summed E-state index contributed by atoms with van der Waals surface area (Å²) in [5.41, 5.74) is 10.9. The molecule has 5 nitrogen and oxygen atoms in total. The Hall–Kier alpha value is -2.36. The van der Waals surface area contributed by atoms with Crippen LogP contribution in [-0.2, 0) is 17.7 Å². The lowest BCUT2D eigenvalue weighted by Crippen LogP contribution is -2.33. The third kappa shape index (κ3) is 13.1. The van der Waals surface area contributed by atoms with Crippen LogP contribution in [0.25, 0.3) is 10.4 Å². The van der Waals surface area contributed by atoms with Crippen LogP contribution in [0.1, 0.15) is 81.8 Å². The van der Waals surface area contributed by atoms with Crippen molar-refractivity contribution < 1.29 is 9.30 Å². The van der Waals surface area contributed by atoms with E-state index < -0.39 is 0 Å². The molecule has 2 aromatic rings. The summed E-state index contributed by atoms with van der Waals surface area (Å²) in [7, 11) is 0. The predicted molar refractivity (Wildman–Crippen MR) is 132 cm³/mol. The minimum absolute atomic E-state index is 0.652. The molecule has 0 saturated heterocycles. The average Bonchev–Trinajstić information content (AvgIpc) is 2.82. The zero-order valence-electron chi connectivity index (χ0n) is 19.7. The van der Waals surface area contributed by atoms with E-state index >= 15 is 0 Å². The number of unbranched alkanes of at least 4 members (excludes halogenated alkanes) is 9. The topological polar surface area (TPSA) is 61.9 Å². The number of nitrogens with zero attached hydrogens (tertiary/aromatic N) is 4. The zero-order chi connectivity index (χ0) is 22.5. The second-order valence-electron chi connectivity index (χ2n) is 8.58. The van der Waals surface area contributed by atoms with Gasteiger partial charge in [0.2, 0.25) is 0 Å². The van der Waals surface area contributed by atoms with Crippen LogP contribution in [0.3, 0.4) is 0 Å². The third-order valence-corrected chi connectivity index (χ3v) is 5.74. The largest absolute Gasteiger partial charge is 0.381 e. The van der Waals surface area contributed by atoms with Crippen molar-refractivity contribution >= 4 is 0 Å². The highest BCUT2D eigenvalue weighted by molar-refractivity contribution is 5.13. The highest BCUT2D eigenvalue weighted by Crippen LogP contribution is 2.11. The number of hydrogen-bond acceptors (Lipinski definition) is 2. The Labute approximate surface area is 194 Å². The molecule has 1 heterocycles. The molecular weight excluding hydrogens is 396 g/mol. The van der Waals surface area contributed by atoms with Crippen molar-refractivity contribution in [3.63, 3.8) is 0 Å². The van der Waals surface area contributed by atoms with Crippen molar-refractivity contribution in [2.75, 3.05) is 19.8 Å². The van der Waals surface area contributed by atoms with Crippen molar-refractivity contribution in [2.45, 2.75) is 83.6 Å². The molecule has 174 valence electrons. The molecule has 1 aromatic carbocycles. The van der Waals surface area contributed by atoms with Crippen molar-refractivity contribution in [1.29, 1.82) is 0 Å². The molecule has 0 radical (unpaired) electrons. The number of ether oxygens (including phenoxy) is 1. The molecule has 1 aromatic heterocycles. The van der Waals surface area contributed by atoms with E-state index in [4.69, 9.17) is 10.3 Å². The lowest BCUT2D eigenvalue weighted by atomic mass is 10.1. The maximum Gasteiger partial charge on any atom is 0.173 e. The Morgan fingerprint density at radius 1 is 0.719 bits per heavy atom. The van der Waals surface area contributed by atoms with Crippen LogP contribution < -0.4 is 4.57 Å². The minimum atomic E-state index is 0.652. The summed E-state index contributed by atoms with van der Waals surface area (Å²) in [6, 6.07) is 15.0. The molecule has 0 aliphatic heterocycles. The van der Waals surface area contributed by atoms with E-state index in [1.165, 1.54) is 68.9 Å². The highest BCUT2D eigenvalue weighted by Gasteiger charge is 2.04. The van der Waals surface area contributed by atoms with Gasteiger partial charge in [-0.2, -0.15) is 0 Å². The first-order chi connectivity index (χ1) is 15.9. The SMILES string of the molecule is [N-]=[N+]=NCCCCCCCCCCCCOCCCc1ccc[n+](Cc2ccccc2)c1. The summed E-state index contributed by atoms with van der Waals surface area (Å²) >= 11 is 0. The van der Waals surface area contributed by atoms with Crippen LogP contribution in [0.2, 0.25) is 0 Å². The van der Waals surface area contributed by atoms with Crippen LogP contribution in [0, 0.1) is 0 Å². The van der Waals surface area contributed by atoms with Gasteiger partial charge in [-0.05, 0) is 37.3 Å². The zero-order valence-corrected chi connectivity index (χ0v) is 19.7. The molecule has 0 spiro atoms. The minimum Gasteiger partial charge on any atom is -0.381 e. The van der Waals surface area contributed by atoms with Crippen LogP contribution in [0.4, 0.5) is 0 Å². The predicted octanol–water partition coefficient (Wildman–Crippen LogP) is 7.18. The normalized spacial score (nSPS) is 10.8. The summed E-state index contributed by atoms with van der Waals surface area (Å²) in [6.07, 6.45) is 19.2. The van der Waals surface area contributed by atoms with Crippen molar-refractivity contribution in [3.8, 4) is 0 Å². The molecule has 0 atom stereocenters. The van der Waals surface area contributed by atoms with Gasteiger partial charge >= 0.3 is 0 Å². The Kier molecular flexibility index (Phi) is 14.8. The molecule has 0 bridgehead atoms. The fraction of sp³-hybridized carbons (Fsp3) is 0.593. The molecule has 0 fully saturated rings. The molecule has 0 amide bonds. The van der Waals surface area contributed by atoms with Gasteiger partial charge in [0, 0.05) is 41.9 Å². The van der Waals surface area contributed by atoms with E-state index in [1.807, 2.05) is 0 Å². The van der Waals surface area contributed by atoms with Crippen LogP contribution in [0.5, 0.6) is 0 Å². The smallest absolute Gasteiger partial charge is 0.173 e. The lowest BCUT2D eigenvalue weighted by molar-refractivity contribution is -0.688. The molecule has 32 heavy (non-hydrogen) atoms. The van der Waals surface area contributed by atoms with Crippen molar-refractivity contribution in [3.05, 3.63) is 76.4 Å². The van der Waals surface area contributed by atoms with Gasteiger partial charge in [-0.1, -0.05) is 86.8 Å². The molecule has 0 unspecified atom stereocenters. The van der Waals surface area contributed by atoms with Crippen molar-refractivity contribution in [2.24, 2.45) is 5.11 Å². The van der Waals surface area contributed by atoms with E-state index in [1.54, 1.807) is 0 Å². The first-order valence-electron chi connectivity index (χ1n) is 12.5. The summed E-state index contributed by atoms with van der Waals surface area (Å²) in [5, 5.41) is 3.57. The van der Waals surface area contributed by atoms with Gasteiger partial charge in [0.05, 0.1) is 0 Å². The highest BCUT2D eigenvalue weighted by atomic mass is 16.5. The van der Waals surface area contributed by atoms with Gasteiger partial charge in [0.15, 0.2) is 18.9 Å². The van der Waals surface area contributed by atoms with Crippen molar-refractivity contribution in [1.82, 2.24) is 0 Å². The Morgan fingerprint density at radius 3 is 2.06 bits per heavy atom. The van der Waals surface area contributed by atoms with Crippen LogP contribution in [-0.4, -0.2) is 19.8 Å². The van der Waals surface area contributed by atoms with E-state index in [9.17, 15) is 0 Å². The molecule has 0 aliphatic rings. The molecule has 2 rings (SSSR count). The fourth-order valence-electron chi connectivity index (χ4n) is 3.94. The molecule has 0 aliphatic carbocycles. The second kappa shape index (κ2) is 18.2. The molecule has 0 saturated carbocycles. The number of benzene rings is 1. The summed E-state index contributed by atoms with van der Waals surface area (Å²) in [4.78, 5) is 2.78. The van der Waals surface area contributed by atoms with Gasteiger partial charge in [0.25, 0.3) is 0 Å². The van der Waals surface area contributed by atoms with E-state index in [-0.39, 0.29) is 0 Å². The first-order valence-corrected chi connectivity index (χ1v) is 12.5. The first kappa shape index (κ1) is 25.9. The van der Waals surface area contributed by atoms with Gasteiger partial charge < -0.3 is 4.74 Å². The monoisotopic (exact) mass is 437 g/mol. The third-order valence-electron chi connectivity index (χ3n) is 5.74. The van der Waals surface area contributed by atoms with Gasteiger partial charge in [0.1, 0.15) is 0 Å². The molecule has 0 N–H and O–H groups in total. The summed E-state index contributed by atoms with van der Waals surface area (Å²) in [6.45, 7) is 3.32. The number of hydrogen-bond donors (Lipinski definition) is 0. The molecule has 5 heteroatoms. The standard InChI is InChI=1S/C27H41N4O/c28-30-29-20-12-7-5-3-1-2-4-6-8-13-22-32-23-15-19-27-18-14-21-31(25-27)24-26-16-10-9-11-17-26/h9-11,14,16-18,21,25H,1-8,12-13,15,19-20,22-24H2/q+1. The average molecular weight is 438 g/mol. The van der Waals surface area contributed by atoms with Gasteiger partial charge in [-0.15, -0.1) is 0 Å². The van der Waals surface area contributed by atoms with Gasteiger partial charge in [-0.3, -0.25) is 0 Å². The summed E-state index contributed by atoms with van der Waals surface area (Å²) < 4.78 is 8.11. The Morgan fingerprint density at radius 2 is 1.34 bits per heavy atom. The fourth-order valence-corrected chi connectivity index (χ4v) is 3.94. The summed E-state index contributed by atoms with van der Waals surface area (Å²) in [5.74, 6) is 0. The van der Waals surface area contributed by atoms with Crippen LogP contribution >= 0.6 is 0 Å². The number of pyridine rings is 1. The Bertz CT molecular complexity index is 759. The number of aryl methyl sites for hydroxylation is 1. The number of azide groups is 1. The van der Waals surface area contributed by atoms with Crippen LogP contribution in [0.15, 0.2) is 60.0 Å². The maximum atomic E-state index is 8.22. The second-order valence-corrected chi connectivity index (χ2v) is 8.58. The Balaban J connectivity index is 1.38. The van der Waals surface area contributed by atoms with Gasteiger partial charge in [-0.25, -0.2) is 4.57 Å². The quantitative estimate of drug-likeness (QED) is 0.0754. The number of aromatic nitrogens is 1. The lowest BCUT2D eigenvalue weighted by Gasteiger charge is -2.05. The number of rotatable bonds is 19. The van der Waals surface area contributed by atoms with E-state index in [2.05, 4.69) is 69.5 Å². The molecular formula is C27H41N4O+. The van der Waals surface area contributed by atoms with E-state index in [0.717, 1.165) is 39.0 Å². The maximum absolute atomic E-state index is 8.22.